The van der Waals surface area contributed by atoms with Gasteiger partial charge in [-0.2, -0.15) is 0 Å². The number of nitrogens with zero attached hydrogens (tertiary/aromatic N) is 3. The van der Waals surface area contributed by atoms with Crippen LogP contribution < -0.4 is 5.32 Å². The Hall–Kier alpha value is -1.50. The molecule has 0 aromatic rings. The Bertz CT molecular complexity index is 3130. The van der Waals surface area contributed by atoms with Crippen LogP contribution in [0, 0.1) is 94.7 Å². The van der Waals surface area contributed by atoms with E-state index in [9.17, 15) is 24.0 Å². The van der Waals surface area contributed by atoms with Crippen molar-refractivity contribution in [3.05, 3.63) is 0 Å². The SMILES string of the molecule is C[C@@H]1CCC2[C@@H](C)C(=NCC(=O)O)O[C@@H]3O[C@@]4(C)CCC1C23OO4.C[C@@H]1CCC2[C@@H](C)C(=NCOC=O)O[C@@H]3O[C@@]4(C)CCC1C23OO4.C[C@@H]1CCC2[C@@H](C)C(=O)N(COC=O)C3O[C@@]4(C)CCC1C23OO4.C[C@@H]1CCC2[C@@H](C)C3(NCC(=O)O3)O[C@@H]3O[C@@]4(C)CCC1C23OO4.[I][V]([I])[I]. The second kappa shape index (κ2) is 29.1. The van der Waals surface area contributed by atoms with Crippen LogP contribution in [-0.4, -0.2) is 156 Å². The van der Waals surface area contributed by atoms with Crippen LogP contribution in [0.3, 0.4) is 0 Å². The Morgan fingerprint density at radius 3 is 1.37 bits per heavy atom. The first-order chi connectivity index (χ1) is 47.4. The van der Waals surface area contributed by atoms with Crippen LogP contribution in [0.2, 0.25) is 0 Å². The van der Waals surface area contributed by atoms with Crippen LogP contribution in [0.1, 0.15) is 186 Å². The Labute approximate surface area is 621 Å². The average molecular weight is 1790 g/mol. The van der Waals surface area contributed by atoms with Gasteiger partial charge in [0.25, 0.3) is 18.9 Å². The number of carboxylic acids is 1. The second-order valence-electron chi connectivity index (χ2n) is 32.0. The van der Waals surface area contributed by atoms with Gasteiger partial charge in [-0.25, -0.2) is 54.4 Å². The van der Waals surface area contributed by atoms with Gasteiger partial charge in [-0.05, 0) is 140 Å². The molecule has 4 aliphatic carbocycles. The van der Waals surface area contributed by atoms with Crippen LogP contribution in [0.4, 0.5) is 0 Å². The molecular weight excluding hydrogens is 1690 g/mol. The molecule has 21 aliphatic rings. The number of nitrogens with one attached hydrogen (secondary N) is 1. The molecule has 17 aliphatic heterocycles. The number of carbonyl (C=O) groups excluding carboxylic acids is 4. The summed E-state index contributed by atoms with van der Waals surface area (Å²) in [5, 5.41) is 12.1. The predicted octanol–water partition coefficient (Wildman–Crippen LogP) is 10.9. The number of carboxylic acid groups (broad SMARTS) is 1. The number of likely N-dealkylation sites (tertiary alicyclic amines) is 1. The topological polar surface area (TPSA) is 312 Å². The van der Waals surface area contributed by atoms with Crippen LogP contribution >= 0.6 is 59.9 Å². The molecule has 0 radical (unpaired) electrons. The fraction of sp³-hybridized carbons (Fsp3) is 0.897. The summed E-state index contributed by atoms with van der Waals surface area (Å²) in [5.41, 5.74) is -2.53. The van der Waals surface area contributed by atoms with Crippen molar-refractivity contribution in [2.75, 3.05) is 26.6 Å². The molecule has 100 heavy (non-hydrogen) atoms. The van der Waals surface area contributed by atoms with Gasteiger partial charge >= 0.3 is 76.8 Å². The van der Waals surface area contributed by atoms with Gasteiger partial charge in [-0.1, -0.05) is 55.4 Å². The Balaban J connectivity index is 0.000000117. The zero-order valence-corrected chi connectivity index (χ0v) is 67.0. The normalized spacial score (nSPS) is 51.3. The number of aliphatic carboxylic acids is 1. The van der Waals surface area contributed by atoms with Gasteiger partial charge < -0.3 is 47.7 Å². The molecule has 17 saturated heterocycles. The monoisotopic (exact) mass is 1790 g/mol. The van der Waals surface area contributed by atoms with E-state index >= 15 is 0 Å². The average Bonchev–Trinajstić information content (AvgIpc) is 1.38. The molecule has 562 valence electrons. The van der Waals surface area contributed by atoms with E-state index in [-0.39, 0.29) is 96.6 Å². The van der Waals surface area contributed by atoms with E-state index in [0.717, 1.165) is 103 Å². The third kappa shape index (κ3) is 13.2. The maximum absolute atomic E-state index is 12.9. The van der Waals surface area contributed by atoms with E-state index < -0.39 is 82.5 Å². The molecule has 21 rings (SSSR count). The number of amides is 1. The molecule has 14 unspecified atom stereocenters. The van der Waals surface area contributed by atoms with Crippen molar-refractivity contribution in [1.29, 1.82) is 0 Å². The number of piperidine rings is 1. The quantitative estimate of drug-likeness (QED) is 0.0569. The minimum atomic E-state index is -1.12. The summed E-state index contributed by atoms with van der Waals surface area (Å²) in [5.74, 6) is -1.20. The molecule has 1 amide bonds. The number of halogens is 3. The zero-order chi connectivity index (χ0) is 71.5. The Morgan fingerprint density at radius 2 is 0.930 bits per heavy atom. The van der Waals surface area contributed by atoms with E-state index in [1.807, 2.05) is 41.5 Å². The first-order valence-electron chi connectivity index (χ1n) is 36.1. The van der Waals surface area contributed by atoms with Gasteiger partial charge in [0, 0.05) is 84.9 Å². The standard InChI is InChI=1S/4C17H25NO6.3HI.V/c1-9-4-5-12-10(2)17(18-8-13(19)20-17)22-14-16(12)11(9)6-7-15(3,21-14)23-24-16;1-10-4-5-13-11(2)14(18-8-20-9-19)21-15-17(13)12(10)6-7-16(3,22-15)23-24-17;1-10-4-5-13-11(2)14(20)18(8-21-9-19)15-17(13)12(10)6-7-16(3,22-15)23-24-17;1-9-4-5-12-10(2)14(18-8-13(19)20)21-15-17(12)11(9)6-7-16(3,22-15)23-24-17;;;;/h9-12,14,18H,4-8H2,1-3H3;2*9-13,15H,4-8H2,1-3H3;9-12,15H,4-8H2,1-3H3,(H,19,20);3*1H;/q;;;;;;;+3/p-3/t9-,10-,11?,12?,14+,15-,16?,17?;10-,11-,12?,13?,15-,16-,17?;10-,11-,12?,13?,15?,16-,17?;9-,10-,11?,12?,15-,16-,17?;;;;/m1111..../s1. The van der Waals surface area contributed by atoms with E-state index in [4.69, 9.17) is 91.6 Å². The van der Waals surface area contributed by atoms with Gasteiger partial charge in [0.15, 0.2) is 60.2 Å². The van der Waals surface area contributed by atoms with Crippen LogP contribution in [-0.2, 0) is 115 Å². The van der Waals surface area contributed by atoms with Gasteiger partial charge in [-0.3, -0.25) is 33.6 Å². The van der Waals surface area contributed by atoms with Crippen molar-refractivity contribution >= 4 is 103 Å². The second-order valence-corrected chi connectivity index (χ2v) is 67.4. The van der Waals surface area contributed by atoms with Crippen molar-refractivity contribution in [1.82, 2.24) is 10.2 Å². The molecule has 2 N–H and O–H groups in total. The molecule has 17 heterocycles. The van der Waals surface area contributed by atoms with Crippen molar-refractivity contribution in [2.45, 2.75) is 262 Å². The molecule has 4 saturated carbocycles. The number of rotatable bonds is 8. The molecule has 21 fully saturated rings. The molecule has 0 aromatic heterocycles. The maximum atomic E-state index is 12.9. The number of hydrogen-bond donors (Lipinski definition) is 2. The Kier molecular flexibility index (Phi) is 22.4. The Morgan fingerprint density at radius 1 is 0.530 bits per heavy atom. The summed E-state index contributed by atoms with van der Waals surface area (Å²) in [6, 6.07) is 0. The fourth-order valence-electron chi connectivity index (χ4n) is 21.3. The van der Waals surface area contributed by atoms with E-state index in [2.05, 4.69) is 117 Å². The first kappa shape index (κ1) is 76.7. The number of ether oxygens (including phenoxy) is 10. The third-order valence-electron chi connectivity index (χ3n) is 26.4. The van der Waals surface area contributed by atoms with Crippen molar-refractivity contribution < 1.29 is 120 Å². The summed E-state index contributed by atoms with van der Waals surface area (Å²) < 4.78 is 58.6. The van der Waals surface area contributed by atoms with E-state index in [1.165, 1.54) is 4.90 Å². The summed E-state index contributed by atoms with van der Waals surface area (Å²) in [6.45, 7) is 25.1. The summed E-state index contributed by atoms with van der Waals surface area (Å²) >= 11 is 7.39. The number of esters is 1. The van der Waals surface area contributed by atoms with Gasteiger partial charge in [0.1, 0.15) is 6.54 Å². The van der Waals surface area contributed by atoms with Crippen LogP contribution in [0.15, 0.2) is 9.98 Å². The molecule has 32 heteroatoms. The van der Waals surface area contributed by atoms with Crippen molar-refractivity contribution in [2.24, 2.45) is 105 Å². The molecule has 0 aromatic carbocycles. The number of carbonyl (C=O) groups is 5. The van der Waals surface area contributed by atoms with Crippen LogP contribution in [0.25, 0.3) is 0 Å². The third-order valence-corrected chi connectivity index (χ3v) is 26.4. The number of fused-ring (bicyclic) bond motifs is 8. The minimum absolute atomic E-state index is 0.0229. The summed E-state index contributed by atoms with van der Waals surface area (Å²) in [6.07, 6.45) is 12.9. The zero-order valence-electron chi connectivity index (χ0n) is 59.1. The van der Waals surface area contributed by atoms with Crippen molar-refractivity contribution in [3.63, 3.8) is 0 Å². The molecule has 28 nitrogen and oxygen atoms in total. The summed E-state index contributed by atoms with van der Waals surface area (Å²) in [4.78, 5) is 113. The van der Waals surface area contributed by atoms with Gasteiger partial charge in [-0.15, -0.1) is 0 Å². The summed E-state index contributed by atoms with van der Waals surface area (Å²) in [7, 11) is 0. The van der Waals surface area contributed by atoms with Gasteiger partial charge in [0.05, 0.1) is 6.54 Å². The predicted molar refractivity (Wildman–Crippen MR) is 368 cm³/mol. The van der Waals surface area contributed by atoms with E-state index in [1.54, 1.807) is 0 Å². The van der Waals surface area contributed by atoms with Crippen LogP contribution in [0.5, 0.6) is 0 Å². The molecular formula is C68H100I3N4O24V. The fourth-order valence-corrected chi connectivity index (χ4v) is 21.3. The van der Waals surface area contributed by atoms with Gasteiger partial charge in [0.2, 0.25) is 41.6 Å². The first-order valence-corrected chi connectivity index (χ1v) is 49.6. The van der Waals surface area contributed by atoms with E-state index in [0.29, 0.717) is 66.2 Å². The number of aliphatic imine (C=N–C) groups is 2. The van der Waals surface area contributed by atoms with Crippen molar-refractivity contribution in [3.8, 4) is 0 Å². The number of hydrogen-bond acceptors (Lipinski definition) is 26. The molecule has 8 bridgehead atoms. The molecule has 29 atom stereocenters. The molecule has 5 spiro atoms.